The number of carbonyl (C=O) groups excluding carboxylic acids is 1. The first-order valence-corrected chi connectivity index (χ1v) is 8.30. The van der Waals surface area contributed by atoms with Crippen molar-refractivity contribution in [2.45, 2.75) is 25.3 Å². The first-order valence-electron chi connectivity index (χ1n) is 8.30. The van der Waals surface area contributed by atoms with Crippen LogP contribution in [0.5, 0.6) is 5.75 Å². The number of fused-ring (bicyclic) bond motifs is 1. The van der Waals surface area contributed by atoms with Gasteiger partial charge < -0.3 is 19.9 Å². The maximum Gasteiger partial charge on any atom is 0.317 e. The van der Waals surface area contributed by atoms with E-state index in [4.69, 9.17) is 4.74 Å². The third-order valence-corrected chi connectivity index (χ3v) is 4.56. The van der Waals surface area contributed by atoms with Gasteiger partial charge in [0, 0.05) is 25.2 Å². The Bertz CT molecular complexity index is 567. The monoisotopic (exact) mass is 321 g/mol. The number of nitrogens with one attached hydrogen (secondary N) is 1. The lowest BCUT2D eigenvalue weighted by atomic mass is 10.0. The van der Waals surface area contributed by atoms with E-state index in [-0.39, 0.29) is 23.6 Å². The SMILES string of the molecule is CN1CCCN(C(=O)N[C@H]2CCCOc3c(F)cccc32)CC1. The lowest BCUT2D eigenvalue weighted by molar-refractivity contribution is 0.194. The molecule has 0 unspecified atom stereocenters. The molecular formula is C17H24FN3O2. The van der Waals surface area contributed by atoms with Crippen LogP contribution in [0.2, 0.25) is 0 Å². The summed E-state index contributed by atoms with van der Waals surface area (Å²) >= 11 is 0. The van der Waals surface area contributed by atoms with E-state index in [0.717, 1.165) is 51.0 Å². The van der Waals surface area contributed by atoms with E-state index in [0.29, 0.717) is 6.61 Å². The number of urea groups is 1. The molecule has 1 saturated heterocycles. The summed E-state index contributed by atoms with van der Waals surface area (Å²) in [5, 5.41) is 3.08. The number of hydrogen-bond donors (Lipinski definition) is 1. The Kier molecular flexibility index (Phi) is 5.00. The zero-order chi connectivity index (χ0) is 16.2. The first kappa shape index (κ1) is 16.1. The van der Waals surface area contributed by atoms with E-state index in [1.807, 2.05) is 11.0 Å². The van der Waals surface area contributed by atoms with Crippen molar-refractivity contribution in [3.8, 4) is 5.75 Å². The molecule has 2 heterocycles. The highest BCUT2D eigenvalue weighted by atomic mass is 19.1. The number of rotatable bonds is 1. The number of benzene rings is 1. The Morgan fingerprint density at radius 2 is 2.13 bits per heavy atom. The van der Waals surface area contributed by atoms with Crippen LogP contribution in [0, 0.1) is 5.82 Å². The summed E-state index contributed by atoms with van der Waals surface area (Å²) in [4.78, 5) is 16.7. The van der Waals surface area contributed by atoms with Crippen LogP contribution in [0.1, 0.15) is 30.9 Å². The Labute approximate surface area is 136 Å². The minimum Gasteiger partial charge on any atom is -0.490 e. The highest BCUT2D eigenvalue weighted by Gasteiger charge is 2.26. The summed E-state index contributed by atoms with van der Waals surface area (Å²) in [6.07, 6.45) is 2.53. The molecule has 1 aromatic rings. The van der Waals surface area contributed by atoms with Crippen LogP contribution in [0.4, 0.5) is 9.18 Å². The van der Waals surface area contributed by atoms with E-state index < -0.39 is 0 Å². The van der Waals surface area contributed by atoms with Gasteiger partial charge in [-0.3, -0.25) is 0 Å². The minimum atomic E-state index is -0.361. The Morgan fingerprint density at radius 1 is 1.26 bits per heavy atom. The average Bonchev–Trinajstić information content (AvgIpc) is 2.87. The third kappa shape index (κ3) is 3.75. The molecule has 0 bridgehead atoms. The number of ether oxygens (including phenoxy) is 1. The number of amides is 2. The van der Waals surface area contributed by atoms with Gasteiger partial charge in [0.15, 0.2) is 11.6 Å². The number of nitrogens with zero attached hydrogens (tertiary/aromatic N) is 2. The molecule has 3 rings (SSSR count). The third-order valence-electron chi connectivity index (χ3n) is 4.56. The number of likely N-dealkylation sites (N-methyl/N-ethyl adjacent to an activating group) is 1. The largest absolute Gasteiger partial charge is 0.490 e. The smallest absolute Gasteiger partial charge is 0.317 e. The molecule has 2 aliphatic heterocycles. The van der Waals surface area contributed by atoms with Gasteiger partial charge in [0.2, 0.25) is 0 Å². The van der Waals surface area contributed by atoms with E-state index in [9.17, 15) is 9.18 Å². The van der Waals surface area contributed by atoms with Gasteiger partial charge in [-0.1, -0.05) is 12.1 Å². The lowest BCUT2D eigenvalue weighted by Gasteiger charge is -2.25. The van der Waals surface area contributed by atoms with Gasteiger partial charge in [-0.05, 0) is 38.9 Å². The van der Waals surface area contributed by atoms with Crippen molar-refractivity contribution in [3.05, 3.63) is 29.6 Å². The summed E-state index contributed by atoms with van der Waals surface area (Å²) in [6.45, 7) is 3.85. The van der Waals surface area contributed by atoms with Crippen molar-refractivity contribution in [2.75, 3.05) is 39.8 Å². The van der Waals surface area contributed by atoms with Gasteiger partial charge in [0.1, 0.15) is 0 Å². The van der Waals surface area contributed by atoms with Gasteiger partial charge in [-0.25, -0.2) is 9.18 Å². The Hall–Kier alpha value is -1.82. The molecule has 23 heavy (non-hydrogen) atoms. The average molecular weight is 321 g/mol. The molecule has 0 saturated carbocycles. The normalized spacial score (nSPS) is 22.5. The van der Waals surface area contributed by atoms with Crippen molar-refractivity contribution >= 4 is 6.03 Å². The van der Waals surface area contributed by atoms with Crippen LogP contribution in [0.15, 0.2) is 18.2 Å². The first-order chi connectivity index (χ1) is 11.1. The number of hydrogen-bond acceptors (Lipinski definition) is 3. The molecule has 0 aliphatic carbocycles. The van der Waals surface area contributed by atoms with Crippen LogP contribution in [0.25, 0.3) is 0 Å². The fourth-order valence-electron chi connectivity index (χ4n) is 3.21. The second-order valence-corrected chi connectivity index (χ2v) is 6.29. The lowest BCUT2D eigenvalue weighted by Crippen LogP contribution is -2.43. The Balaban J connectivity index is 1.72. The van der Waals surface area contributed by atoms with E-state index >= 15 is 0 Å². The molecular weight excluding hydrogens is 297 g/mol. The summed E-state index contributed by atoms with van der Waals surface area (Å²) in [5.74, 6) is -0.0778. The van der Waals surface area contributed by atoms with E-state index in [1.165, 1.54) is 6.07 Å². The molecule has 1 fully saturated rings. The summed E-state index contributed by atoms with van der Waals surface area (Å²) in [6, 6.07) is 4.64. The summed E-state index contributed by atoms with van der Waals surface area (Å²) in [5.41, 5.74) is 0.739. The van der Waals surface area contributed by atoms with Crippen LogP contribution in [0.3, 0.4) is 0 Å². The Morgan fingerprint density at radius 3 is 3.00 bits per heavy atom. The standard InChI is InChI=1S/C17H24FN3O2/c1-20-8-4-9-21(11-10-20)17(22)19-15-7-3-12-23-16-13(15)5-2-6-14(16)18/h2,5-6,15H,3-4,7-12H2,1H3,(H,19,22)/t15-/m0/s1. The van der Waals surface area contributed by atoms with Crippen molar-refractivity contribution < 1.29 is 13.9 Å². The quantitative estimate of drug-likeness (QED) is 0.864. The topological polar surface area (TPSA) is 44.8 Å². The minimum absolute atomic E-state index is 0.0672. The molecule has 2 aliphatic rings. The molecule has 0 aromatic heterocycles. The number of carbonyl (C=O) groups is 1. The zero-order valence-corrected chi connectivity index (χ0v) is 13.6. The van der Waals surface area contributed by atoms with Crippen molar-refractivity contribution in [1.29, 1.82) is 0 Å². The van der Waals surface area contributed by atoms with E-state index in [1.54, 1.807) is 6.07 Å². The van der Waals surface area contributed by atoms with Gasteiger partial charge in [0.05, 0.1) is 12.6 Å². The van der Waals surface area contributed by atoms with Crippen molar-refractivity contribution in [3.63, 3.8) is 0 Å². The number of para-hydroxylation sites is 1. The predicted molar refractivity (Wildman–Crippen MR) is 86.1 cm³/mol. The molecule has 1 atom stereocenters. The molecule has 126 valence electrons. The molecule has 0 radical (unpaired) electrons. The fraction of sp³-hybridized carbons (Fsp3) is 0.588. The maximum absolute atomic E-state index is 14.0. The maximum atomic E-state index is 14.0. The van der Waals surface area contributed by atoms with Gasteiger partial charge in [0.25, 0.3) is 0 Å². The zero-order valence-electron chi connectivity index (χ0n) is 13.6. The van der Waals surface area contributed by atoms with Gasteiger partial charge in [-0.2, -0.15) is 0 Å². The second kappa shape index (κ2) is 7.17. The van der Waals surface area contributed by atoms with Crippen LogP contribution in [-0.2, 0) is 0 Å². The fourth-order valence-corrected chi connectivity index (χ4v) is 3.21. The number of halogens is 1. The predicted octanol–water partition coefficient (Wildman–Crippen LogP) is 2.39. The highest BCUT2D eigenvalue weighted by Crippen LogP contribution is 2.33. The molecule has 1 N–H and O–H groups in total. The molecule has 5 nitrogen and oxygen atoms in total. The highest BCUT2D eigenvalue weighted by molar-refractivity contribution is 5.75. The summed E-state index contributed by atoms with van der Waals surface area (Å²) < 4.78 is 19.5. The molecule has 0 spiro atoms. The van der Waals surface area contributed by atoms with Gasteiger partial charge >= 0.3 is 6.03 Å². The summed E-state index contributed by atoms with van der Waals surface area (Å²) in [7, 11) is 2.07. The molecule has 1 aromatic carbocycles. The van der Waals surface area contributed by atoms with Crippen LogP contribution >= 0.6 is 0 Å². The van der Waals surface area contributed by atoms with Gasteiger partial charge in [-0.15, -0.1) is 0 Å². The second-order valence-electron chi connectivity index (χ2n) is 6.29. The molecule has 6 heteroatoms. The van der Waals surface area contributed by atoms with E-state index in [2.05, 4.69) is 17.3 Å². The van der Waals surface area contributed by atoms with Crippen LogP contribution in [-0.4, -0.2) is 55.7 Å². The van der Waals surface area contributed by atoms with Crippen molar-refractivity contribution in [2.24, 2.45) is 0 Å². The molecule has 2 amide bonds. The van der Waals surface area contributed by atoms with Crippen molar-refractivity contribution in [1.82, 2.24) is 15.1 Å². The van der Waals surface area contributed by atoms with Crippen LogP contribution < -0.4 is 10.1 Å².